The molecule has 0 radical (unpaired) electrons. The van der Waals surface area contributed by atoms with Crippen molar-refractivity contribution in [3.05, 3.63) is 86.4 Å². The Morgan fingerprint density at radius 1 is 1.10 bits per heavy atom. The van der Waals surface area contributed by atoms with Gasteiger partial charge in [-0.15, -0.1) is 22.6 Å². The molecule has 0 bridgehead atoms. The molecular weight excluding hydrogens is 444 g/mol. The molecule has 31 heavy (non-hydrogen) atoms. The van der Waals surface area contributed by atoms with Gasteiger partial charge in [0.05, 0.1) is 16.5 Å². The molecule has 158 valence electrons. The van der Waals surface area contributed by atoms with E-state index in [2.05, 4.69) is 10.2 Å². The number of aliphatic hydroxyl groups excluding tert-OH is 1. The van der Waals surface area contributed by atoms with Crippen LogP contribution >= 0.6 is 23.7 Å². The molecule has 1 aliphatic rings. The van der Waals surface area contributed by atoms with Crippen LogP contribution in [0.4, 0.5) is 10.8 Å². The van der Waals surface area contributed by atoms with Gasteiger partial charge in [-0.05, 0) is 24.6 Å². The van der Waals surface area contributed by atoms with E-state index in [9.17, 15) is 24.8 Å². The molecule has 1 amide bonds. The van der Waals surface area contributed by atoms with Gasteiger partial charge in [0.1, 0.15) is 10.8 Å². The van der Waals surface area contributed by atoms with Crippen LogP contribution in [0.2, 0.25) is 0 Å². The minimum atomic E-state index is -1.00. The van der Waals surface area contributed by atoms with Crippen LogP contribution in [0.1, 0.15) is 22.2 Å². The summed E-state index contributed by atoms with van der Waals surface area (Å²) in [6.07, 6.45) is 0. The number of anilines is 1. The average molecular weight is 459 g/mol. The van der Waals surface area contributed by atoms with Crippen LogP contribution in [0, 0.1) is 17.0 Å². The summed E-state index contributed by atoms with van der Waals surface area (Å²) in [7, 11) is 0. The second-order valence-corrected chi connectivity index (χ2v) is 7.65. The second-order valence-electron chi connectivity index (χ2n) is 6.49. The van der Waals surface area contributed by atoms with Gasteiger partial charge in [-0.2, -0.15) is 0 Å². The van der Waals surface area contributed by atoms with Crippen LogP contribution < -0.4 is 4.90 Å². The SMILES string of the molecule is Cc1nnc(N2C(=O)C(=O)/C(=C(/O)c3ccccc3)C2c2ccc([N+](=O)[O-])cc2)s1.Cl. The van der Waals surface area contributed by atoms with Crippen LogP contribution in [0.15, 0.2) is 60.2 Å². The third-order valence-corrected chi connectivity index (χ3v) is 5.47. The number of halogens is 1. The van der Waals surface area contributed by atoms with Crippen molar-refractivity contribution in [2.24, 2.45) is 0 Å². The van der Waals surface area contributed by atoms with Gasteiger partial charge in [0, 0.05) is 17.7 Å². The molecular formula is C20H15ClN4O5S. The third-order valence-electron chi connectivity index (χ3n) is 4.63. The van der Waals surface area contributed by atoms with E-state index in [0.29, 0.717) is 16.1 Å². The van der Waals surface area contributed by atoms with Crippen molar-refractivity contribution in [3.8, 4) is 0 Å². The van der Waals surface area contributed by atoms with Gasteiger partial charge in [0.2, 0.25) is 5.13 Å². The largest absolute Gasteiger partial charge is 0.507 e. The summed E-state index contributed by atoms with van der Waals surface area (Å²) in [4.78, 5) is 37.4. The van der Waals surface area contributed by atoms with Gasteiger partial charge >= 0.3 is 5.91 Å². The molecule has 2 heterocycles. The maximum atomic E-state index is 12.9. The molecule has 4 rings (SSSR count). The van der Waals surface area contributed by atoms with Crippen molar-refractivity contribution >= 4 is 52.0 Å². The summed E-state index contributed by atoms with van der Waals surface area (Å²) < 4.78 is 0. The molecule has 11 heteroatoms. The maximum absolute atomic E-state index is 12.9. The number of aliphatic hydroxyl groups is 1. The number of nitro benzene ring substituents is 1. The van der Waals surface area contributed by atoms with Gasteiger partial charge in [0.15, 0.2) is 0 Å². The number of aryl methyl sites for hydroxylation is 1. The molecule has 3 aromatic rings. The first-order valence-corrected chi connectivity index (χ1v) is 9.61. The number of hydrogen-bond donors (Lipinski definition) is 1. The van der Waals surface area contributed by atoms with Crippen molar-refractivity contribution in [3.63, 3.8) is 0 Å². The van der Waals surface area contributed by atoms with E-state index >= 15 is 0 Å². The zero-order valence-corrected chi connectivity index (χ0v) is 17.6. The summed E-state index contributed by atoms with van der Waals surface area (Å²) in [6.45, 7) is 1.71. The highest BCUT2D eigenvalue weighted by Gasteiger charge is 2.48. The fourth-order valence-electron chi connectivity index (χ4n) is 3.26. The zero-order chi connectivity index (χ0) is 21.4. The Hall–Kier alpha value is -3.63. The van der Waals surface area contributed by atoms with Crippen molar-refractivity contribution < 1.29 is 19.6 Å². The van der Waals surface area contributed by atoms with Crippen molar-refractivity contribution in [1.82, 2.24) is 10.2 Å². The summed E-state index contributed by atoms with van der Waals surface area (Å²) in [6, 6.07) is 12.8. The number of ketones is 1. The monoisotopic (exact) mass is 458 g/mol. The third kappa shape index (κ3) is 3.90. The molecule has 1 N–H and O–H groups in total. The molecule has 1 unspecified atom stereocenters. The molecule has 0 saturated carbocycles. The lowest BCUT2D eigenvalue weighted by Gasteiger charge is -2.22. The fraction of sp³-hybridized carbons (Fsp3) is 0.100. The fourth-order valence-corrected chi connectivity index (χ4v) is 3.97. The smallest absolute Gasteiger partial charge is 0.301 e. The lowest BCUT2D eigenvalue weighted by atomic mass is 9.95. The Balaban J connectivity index is 0.00000272. The molecule has 9 nitrogen and oxygen atoms in total. The highest BCUT2D eigenvalue weighted by molar-refractivity contribution is 7.15. The van der Waals surface area contributed by atoms with E-state index in [1.165, 1.54) is 29.2 Å². The Morgan fingerprint density at radius 3 is 2.29 bits per heavy atom. The first kappa shape index (κ1) is 22.1. The summed E-state index contributed by atoms with van der Waals surface area (Å²) in [5.41, 5.74) is 0.541. The Morgan fingerprint density at radius 2 is 1.74 bits per heavy atom. The van der Waals surface area contributed by atoms with E-state index in [4.69, 9.17) is 0 Å². The van der Waals surface area contributed by atoms with Crippen LogP contribution in [0.3, 0.4) is 0 Å². The van der Waals surface area contributed by atoms with Crippen LogP contribution in [0.25, 0.3) is 5.76 Å². The van der Waals surface area contributed by atoms with Gasteiger partial charge in [-0.1, -0.05) is 41.7 Å². The molecule has 0 spiro atoms. The van der Waals surface area contributed by atoms with E-state index < -0.39 is 22.7 Å². The number of carbonyl (C=O) groups excluding carboxylic acids is 2. The number of aromatic nitrogens is 2. The quantitative estimate of drug-likeness (QED) is 0.207. The molecule has 1 fully saturated rings. The molecule has 1 aliphatic heterocycles. The van der Waals surface area contributed by atoms with Crippen LogP contribution in [0.5, 0.6) is 0 Å². The van der Waals surface area contributed by atoms with Crippen molar-refractivity contribution in [2.45, 2.75) is 13.0 Å². The summed E-state index contributed by atoms with van der Waals surface area (Å²) in [5.74, 6) is -2.06. The molecule has 2 aromatic carbocycles. The maximum Gasteiger partial charge on any atom is 0.301 e. The van der Waals surface area contributed by atoms with Crippen molar-refractivity contribution in [1.29, 1.82) is 0 Å². The lowest BCUT2D eigenvalue weighted by molar-refractivity contribution is -0.384. The predicted molar refractivity (Wildman–Crippen MR) is 116 cm³/mol. The molecule has 0 aliphatic carbocycles. The number of rotatable bonds is 4. The summed E-state index contributed by atoms with van der Waals surface area (Å²) >= 11 is 1.13. The molecule has 1 atom stereocenters. The van der Waals surface area contributed by atoms with Crippen LogP contribution in [-0.2, 0) is 9.59 Å². The van der Waals surface area contributed by atoms with Gasteiger partial charge < -0.3 is 5.11 Å². The van der Waals surface area contributed by atoms with Gasteiger partial charge in [0.25, 0.3) is 11.5 Å². The molecule has 1 saturated heterocycles. The first-order valence-electron chi connectivity index (χ1n) is 8.79. The number of carbonyl (C=O) groups is 2. The summed E-state index contributed by atoms with van der Waals surface area (Å²) in [5, 5.41) is 30.6. The minimum absolute atomic E-state index is 0. The highest BCUT2D eigenvalue weighted by Crippen LogP contribution is 2.43. The van der Waals surface area contributed by atoms with E-state index in [1.807, 2.05) is 0 Å². The highest BCUT2D eigenvalue weighted by atomic mass is 35.5. The number of benzene rings is 2. The second kappa shape index (κ2) is 8.62. The minimum Gasteiger partial charge on any atom is -0.507 e. The Bertz CT molecular complexity index is 1190. The number of Topliss-reactive ketones (excluding diaryl/α,β-unsaturated/α-hetero) is 1. The number of nitrogens with zero attached hydrogens (tertiary/aromatic N) is 4. The predicted octanol–water partition coefficient (Wildman–Crippen LogP) is 3.80. The van der Waals surface area contributed by atoms with E-state index in [1.54, 1.807) is 37.3 Å². The van der Waals surface area contributed by atoms with Gasteiger partial charge in [-0.25, -0.2) is 0 Å². The normalized spacial score (nSPS) is 17.5. The van der Waals surface area contributed by atoms with E-state index in [-0.39, 0.29) is 34.6 Å². The number of non-ortho nitro benzene ring substituents is 1. The lowest BCUT2D eigenvalue weighted by Crippen LogP contribution is -2.29. The van der Waals surface area contributed by atoms with Crippen LogP contribution in [-0.4, -0.2) is 31.9 Å². The number of hydrogen-bond acceptors (Lipinski definition) is 8. The van der Waals surface area contributed by atoms with E-state index in [0.717, 1.165) is 11.3 Å². The average Bonchev–Trinajstić information content (AvgIpc) is 3.29. The Kier molecular flexibility index (Phi) is 6.14. The number of amides is 1. The number of nitro groups is 1. The Labute approximate surface area is 186 Å². The first-order chi connectivity index (χ1) is 14.4. The van der Waals surface area contributed by atoms with Crippen molar-refractivity contribution in [2.75, 3.05) is 4.90 Å². The topological polar surface area (TPSA) is 127 Å². The van der Waals surface area contributed by atoms with Gasteiger partial charge in [-0.3, -0.25) is 24.6 Å². The zero-order valence-electron chi connectivity index (χ0n) is 16.0. The standard InChI is InChI=1S/C20H14N4O5S.ClH/c1-11-21-22-20(30-11)23-16(12-7-9-14(10-8-12)24(28)29)15(18(26)19(23)27)17(25)13-5-3-2-4-6-13;/h2-10,16,25H,1H3;1H/b17-15+;. The molecule has 1 aromatic heterocycles.